The summed E-state index contributed by atoms with van der Waals surface area (Å²) in [5.74, 6) is -0.505. The smallest absolute Gasteiger partial charge is 0.339 e. The lowest BCUT2D eigenvalue weighted by Gasteiger charge is -2.17. The highest BCUT2D eigenvalue weighted by molar-refractivity contribution is 6.03. The van der Waals surface area contributed by atoms with Crippen molar-refractivity contribution >= 4 is 23.8 Å². The molecule has 0 saturated heterocycles. The van der Waals surface area contributed by atoms with E-state index in [-0.39, 0.29) is 11.9 Å². The molecule has 1 N–H and O–H groups in total. The third kappa shape index (κ3) is 4.68. The largest absolute Gasteiger partial charge is 0.465 e. The number of rotatable bonds is 5. The molecule has 1 aromatic rings. The average Bonchev–Trinajstić information content (AvgIpc) is 2.86. The summed E-state index contributed by atoms with van der Waals surface area (Å²) < 4.78 is 7.04. The van der Waals surface area contributed by atoms with Crippen LogP contribution in [0.1, 0.15) is 60.5 Å². The second-order valence-electron chi connectivity index (χ2n) is 6.68. The lowest BCUT2D eigenvalue weighted by Crippen LogP contribution is -2.39. The van der Waals surface area contributed by atoms with Crippen molar-refractivity contribution in [3.8, 4) is 0 Å². The summed E-state index contributed by atoms with van der Waals surface area (Å²) in [4.78, 5) is 25.0. The van der Waals surface area contributed by atoms with Gasteiger partial charge in [0.25, 0.3) is 5.91 Å². The molecule has 136 valence electrons. The molecule has 1 heterocycles. The van der Waals surface area contributed by atoms with Crippen LogP contribution in [-0.4, -0.2) is 42.4 Å². The Kier molecular flexibility index (Phi) is 6.73. The van der Waals surface area contributed by atoms with Crippen LogP contribution in [0.15, 0.2) is 12.1 Å². The average molecular weight is 345 g/mol. The van der Waals surface area contributed by atoms with Crippen molar-refractivity contribution in [2.45, 2.75) is 58.9 Å². The van der Waals surface area contributed by atoms with Crippen LogP contribution in [0, 0.1) is 13.8 Å². The first-order valence-electron chi connectivity index (χ1n) is 9.07. The maximum atomic E-state index is 12.9. The van der Waals surface area contributed by atoms with Gasteiger partial charge < -0.3 is 10.1 Å². The summed E-state index contributed by atoms with van der Waals surface area (Å²) in [5, 5.41) is 2.99. The summed E-state index contributed by atoms with van der Waals surface area (Å²) in [5.41, 5.74) is 2.78. The number of anilines is 1. The highest BCUT2D eigenvalue weighted by atomic mass is 16.5. The first kappa shape index (κ1) is 19.2. The molecule has 0 aromatic heterocycles. The normalized spacial score (nSPS) is 15.8. The molecule has 0 aliphatic carbocycles. The van der Waals surface area contributed by atoms with Crippen LogP contribution in [0.5, 0.6) is 0 Å². The van der Waals surface area contributed by atoms with E-state index in [0.29, 0.717) is 11.3 Å². The lowest BCUT2D eigenvalue weighted by molar-refractivity contribution is -0.548. The van der Waals surface area contributed by atoms with E-state index in [2.05, 4.69) is 16.1 Å². The van der Waals surface area contributed by atoms with E-state index in [1.165, 1.54) is 20.0 Å². The first-order valence-corrected chi connectivity index (χ1v) is 9.07. The Bertz CT molecular complexity index is 680. The zero-order chi connectivity index (χ0) is 18.4. The maximum absolute atomic E-state index is 12.9. The number of hydrogen-bond acceptors (Lipinski definition) is 3. The van der Waals surface area contributed by atoms with Crippen molar-refractivity contribution in [3.05, 3.63) is 28.8 Å². The Labute approximate surface area is 150 Å². The molecule has 2 rings (SSSR count). The van der Waals surface area contributed by atoms with Crippen molar-refractivity contribution in [2.75, 3.05) is 19.0 Å². The van der Waals surface area contributed by atoms with Crippen molar-refractivity contribution < 1.29 is 18.9 Å². The maximum Gasteiger partial charge on any atom is 0.339 e. The van der Waals surface area contributed by atoms with Gasteiger partial charge >= 0.3 is 5.97 Å². The predicted octanol–water partition coefficient (Wildman–Crippen LogP) is 3.46. The Balaban J connectivity index is 2.29. The fourth-order valence-electron chi connectivity index (χ4n) is 3.43. The van der Waals surface area contributed by atoms with Gasteiger partial charge in [-0.15, -0.1) is 0 Å². The molecular formula is C20H29N2O3+. The Morgan fingerprint density at radius 2 is 2.00 bits per heavy atom. The molecule has 1 aliphatic heterocycles. The third-order valence-corrected chi connectivity index (χ3v) is 4.71. The number of nitrogens with zero attached hydrogens (tertiary/aromatic N) is 1. The van der Waals surface area contributed by atoms with Gasteiger partial charge in [-0.3, -0.25) is 4.79 Å². The van der Waals surface area contributed by atoms with Gasteiger partial charge in [0.1, 0.15) is 12.8 Å². The highest BCUT2D eigenvalue weighted by Crippen LogP contribution is 2.24. The molecule has 25 heavy (non-hydrogen) atoms. The van der Waals surface area contributed by atoms with Gasteiger partial charge in [0.15, 0.2) is 0 Å². The van der Waals surface area contributed by atoms with Crippen molar-refractivity contribution in [1.82, 2.24) is 0 Å². The minimum atomic E-state index is -0.434. The number of esters is 1. The van der Waals surface area contributed by atoms with Crippen LogP contribution in [-0.2, 0) is 9.53 Å². The molecule has 1 aromatic carbocycles. The minimum Gasteiger partial charge on any atom is -0.465 e. The Morgan fingerprint density at radius 1 is 1.24 bits per heavy atom. The Morgan fingerprint density at radius 3 is 2.68 bits per heavy atom. The lowest BCUT2D eigenvalue weighted by atomic mass is 10.0. The van der Waals surface area contributed by atoms with Gasteiger partial charge in [-0.05, 0) is 43.9 Å². The fourth-order valence-corrected chi connectivity index (χ4v) is 3.43. The van der Waals surface area contributed by atoms with Crippen LogP contribution in [0.2, 0.25) is 0 Å². The monoisotopic (exact) mass is 345 g/mol. The van der Waals surface area contributed by atoms with Gasteiger partial charge in [-0.1, -0.05) is 13.0 Å². The first-order chi connectivity index (χ1) is 12.0. The van der Waals surface area contributed by atoms with Crippen LogP contribution < -0.4 is 5.32 Å². The fraction of sp³-hybridized carbons (Fsp3) is 0.550. The molecule has 1 atom stereocenters. The summed E-state index contributed by atoms with van der Waals surface area (Å²) in [6.45, 7) is 6.75. The number of aryl methyl sites for hydroxylation is 2. The molecule has 1 amide bonds. The van der Waals surface area contributed by atoms with E-state index in [0.717, 1.165) is 36.9 Å². The molecule has 0 fully saturated rings. The van der Waals surface area contributed by atoms with Gasteiger partial charge in [0, 0.05) is 19.3 Å². The Hall–Kier alpha value is -2.17. The van der Waals surface area contributed by atoms with Crippen molar-refractivity contribution in [1.29, 1.82) is 0 Å². The van der Waals surface area contributed by atoms with Crippen molar-refractivity contribution in [3.63, 3.8) is 0 Å². The van der Waals surface area contributed by atoms with Gasteiger partial charge in [0.2, 0.25) is 6.04 Å². The number of nitrogens with one attached hydrogen (secondary N) is 1. The summed E-state index contributed by atoms with van der Waals surface area (Å²) in [6.07, 6.45) is 7.38. The molecular weight excluding hydrogens is 316 g/mol. The number of hydrogen-bond donors (Lipinski definition) is 1. The molecule has 0 bridgehead atoms. The number of benzene rings is 1. The van der Waals surface area contributed by atoms with E-state index < -0.39 is 5.97 Å². The SMILES string of the molecule is CCC(C(=O)Nc1c(C)cc(C)cc1C(=O)OC)[N+]1=CCCCCC1. The van der Waals surface area contributed by atoms with E-state index in [9.17, 15) is 9.59 Å². The minimum absolute atomic E-state index is 0.0715. The van der Waals surface area contributed by atoms with E-state index >= 15 is 0 Å². The number of carbonyl (C=O) groups excluding carboxylic acids is 2. The predicted molar refractivity (Wildman–Crippen MR) is 99.6 cm³/mol. The number of amides is 1. The number of ether oxygens (including phenoxy) is 1. The number of carbonyl (C=O) groups is 2. The van der Waals surface area contributed by atoms with Gasteiger partial charge in [-0.2, -0.15) is 0 Å². The summed E-state index contributed by atoms with van der Waals surface area (Å²) in [7, 11) is 1.35. The molecule has 0 spiro atoms. The topological polar surface area (TPSA) is 58.4 Å². The van der Waals surface area contributed by atoms with E-state index in [1.807, 2.05) is 26.8 Å². The molecule has 1 unspecified atom stereocenters. The molecule has 5 nitrogen and oxygen atoms in total. The van der Waals surface area contributed by atoms with Gasteiger partial charge in [0.05, 0.1) is 18.4 Å². The van der Waals surface area contributed by atoms with E-state index in [4.69, 9.17) is 4.74 Å². The summed E-state index contributed by atoms with van der Waals surface area (Å²) in [6, 6.07) is 3.50. The summed E-state index contributed by atoms with van der Waals surface area (Å²) >= 11 is 0. The zero-order valence-corrected chi connectivity index (χ0v) is 15.7. The van der Waals surface area contributed by atoms with Crippen LogP contribution >= 0.6 is 0 Å². The van der Waals surface area contributed by atoms with Crippen LogP contribution in [0.3, 0.4) is 0 Å². The molecule has 0 saturated carbocycles. The number of methoxy groups -OCH3 is 1. The molecule has 0 radical (unpaired) electrons. The molecule has 5 heteroatoms. The van der Waals surface area contributed by atoms with Gasteiger partial charge in [-0.25, -0.2) is 9.37 Å². The van der Waals surface area contributed by atoms with Crippen LogP contribution in [0.4, 0.5) is 5.69 Å². The third-order valence-electron chi connectivity index (χ3n) is 4.71. The second-order valence-corrected chi connectivity index (χ2v) is 6.68. The highest BCUT2D eigenvalue weighted by Gasteiger charge is 2.29. The zero-order valence-electron chi connectivity index (χ0n) is 15.7. The van der Waals surface area contributed by atoms with Crippen molar-refractivity contribution in [2.24, 2.45) is 0 Å². The second kappa shape index (κ2) is 8.79. The van der Waals surface area contributed by atoms with Crippen LogP contribution in [0.25, 0.3) is 0 Å². The quantitative estimate of drug-likeness (QED) is 0.657. The van der Waals surface area contributed by atoms with E-state index in [1.54, 1.807) is 6.07 Å². The standard InChI is InChI=1S/C20H28N2O3/c1-5-17(22-10-8-6-7-9-11-22)19(23)21-18-15(3)12-14(2)13-16(18)20(24)25-4/h10,12-13,17H,5-9,11H2,1-4H3/p+1. The molecule has 1 aliphatic rings.